The molecule has 1 aromatic carbocycles. The van der Waals surface area contributed by atoms with E-state index in [-0.39, 0.29) is 11.5 Å². The van der Waals surface area contributed by atoms with Gasteiger partial charge in [-0.1, -0.05) is 12.1 Å². The Morgan fingerprint density at radius 2 is 1.77 bits per heavy atom. The van der Waals surface area contributed by atoms with Gasteiger partial charge in [-0.2, -0.15) is 0 Å². The molecular weight excluding hydrogens is 332 g/mol. The molecule has 1 atom stereocenters. The van der Waals surface area contributed by atoms with Crippen molar-refractivity contribution < 1.29 is 19.1 Å². The third-order valence-electron chi connectivity index (χ3n) is 4.30. The Morgan fingerprint density at radius 1 is 1.12 bits per heavy atom. The number of hydrogen-bond acceptors (Lipinski definition) is 4. The summed E-state index contributed by atoms with van der Waals surface area (Å²) in [5.41, 5.74) is 4.43. The van der Waals surface area contributed by atoms with Crippen molar-refractivity contribution in [1.82, 2.24) is 4.98 Å². The Hall–Kier alpha value is -2.89. The Balaban J connectivity index is 2.12. The zero-order valence-electron chi connectivity index (χ0n) is 15.9. The molecule has 1 aromatic heterocycles. The summed E-state index contributed by atoms with van der Waals surface area (Å²) < 4.78 is 5.28. The first kappa shape index (κ1) is 19.4. The van der Waals surface area contributed by atoms with E-state index < -0.39 is 18.0 Å². The Morgan fingerprint density at radius 3 is 2.35 bits per heavy atom. The van der Waals surface area contributed by atoms with Crippen LogP contribution in [0.4, 0.5) is 5.69 Å². The summed E-state index contributed by atoms with van der Waals surface area (Å²) in [4.78, 5) is 39.3. The molecule has 0 radical (unpaired) electrons. The molecule has 0 spiro atoms. The van der Waals surface area contributed by atoms with E-state index in [9.17, 15) is 14.4 Å². The molecule has 0 unspecified atom stereocenters. The number of aromatic amines is 1. The van der Waals surface area contributed by atoms with Crippen LogP contribution in [0.25, 0.3) is 0 Å². The van der Waals surface area contributed by atoms with Gasteiger partial charge >= 0.3 is 5.97 Å². The second kappa shape index (κ2) is 7.56. The lowest BCUT2D eigenvalue weighted by Crippen LogP contribution is -2.30. The summed E-state index contributed by atoms with van der Waals surface area (Å²) in [6.45, 7) is 10.2. The molecule has 2 aromatic rings. The number of aromatic nitrogens is 1. The molecule has 2 rings (SSSR count). The van der Waals surface area contributed by atoms with E-state index in [1.165, 1.54) is 13.8 Å². The Labute approximate surface area is 152 Å². The van der Waals surface area contributed by atoms with Crippen molar-refractivity contribution in [3.63, 3.8) is 0 Å². The molecule has 2 N–H and O–H groups in total. The smallest absolute Gasteiger partial charge is 0.355 e. The Bertz CT molecular complexity index is 880. The lowest BCUT2D eigenvalue weighted by molar-refractivity contribution is -0.123. The fraction of sp³-hybridized carbons (Fsp3) is 0.350. The maximum Gasteiger partial charge on any atom is 0.355 e. The molecule has 0 saturated heterocycles. The second-order valence-electron chi connectivity index (χ2n) is 6.54. The third-order valence-corrected chi connectivity index (χ3v) is 4.30. The number of aryl methyl sites for hydroxylation is 3. The molecule has 0 aliphatic carbocycles. The molecule has 0 fully saturated rings. The predicted molar refractivity (Wildman–Crippen MR) is 99.7 cm³/mol. The number of anilines is 1. The van der Waals surface area contributed by atoms with Gasteiger partial charge in [0.1, 0.15) is 5.69 Å². The minimum atomic E-state index is -0.980. The van der Waals surface area contributed by atoms with Gasteiger partial charge in [-0.3, -0.25) is 9.59 Å². The van der Waals surface area contributed by atoms with Crippen LogP contribution in [0.3, 0.4) is 0 Å². The number of rotatable bonds is 5. The summed E-state index contributed by atoms with van der Waals surface area (Å²) in [5, 5.41) is 2.78. The summed E-state index contributed by atoms with van der Waals surface area (Å²) in [7, 11) is 0. The van der Waals surface area contributed by atoms with Gasteiger partial charge in [0.15, 0.2) is 11.9 Å². The van der Waals surface area contributed by atoms with Crippen molar-refractivity contribution in [3.8, 4) is 0 Å². The van der Waals surface area contributed by atoms with Crippen LogP contribution in [0.1, 0.15) is 57.1 Å². The van der Waals surface area contributed by atoms with Crippen molar-refractivity contribution in [2.24, 2.45) is 0 Å². The van der Waals surface area contributed by atoms with Crippen LogP contribution in [0.15, 0.2) is 18.2 Å². The van der Waals surface area contributed by atoms with Crippen LogP contribution in [-0.2, 0) is 9.53 Å². The minimum Gasteiger partial charge on any atom is -0.448 e. The van der Waals surface area contributed by atoms with Crippen molar-refractivity contribution >= 4 is 23.3 Å². The molecule has 6 nitrogen and oxygen atoms in total. The number of carbonyl (C=O) groups is 3. The number of ketones is 1. The number of ether oxygens (including phenoxy) is 1. The zero-order chi connectivity index (χ0) is 19.6. The quantitative estimate of drug-likeness (QED) is 0.632. The molecule has 0 aliphatic rings. The molecule has 0 saturated carbocycles. The van der Waals surface area contributed by atoms with Gasteiger partial charge in [0.05, 0.1) is 0 Å². The van der Waals surface area contributed by atoms with Gasteiger partial charge in [-0.25, -0.2) is 4.79 Å². The van der Waals surface area contributed by atoms with Gasteiger partial charge in [-0.05, 0) is 64.3 Å². The minimum absolute atomic E-state index is 0.129. The van der Waals surface area contributed by atoms with Gasteiger partial charge in [0.2, 0.25) is 0 Å². The lowest BCUT2D eigenvalue weighted by Gasteiger charge is -2.15. The molecule has 0 aliphatic heterocycles. The number of nitrogens with one attached hydrogen (secondary N) is 2. The number of amides is 1. The van der Waals surface area contributed by atoms with E-state index in [2.05, 4.69) is 10.3 Å². The highest BCUT2D eigenvalue weighted by molar-refractivity contribution is 6.02. The number of H-pyrrole nitrogens is 1. The van der Waals surface area contributed by atoms with E-state index in [1.807, 2.05) is 32.0 Å². The summed E-state index contributed by atoms with van der Waals surface area (Å²) in [6.07, 6.45) is -0.980. The largest absolute Gasteiger partial charge is 0.448 e. The third kappa shape index (κ3) is 4.02. The number of carbonyl (C=O) groups excluding carboxylic acids is 3. The van der Waals surface area contributed by atoms with Crippen molar-refractivity contribution in [3.05, 3.63) is 51.8 Å². The Kier molecular flexibility index (Phi) is 5.65. The van der Waals surface area contributed by atoms with Crippen molar-refractivity contribution in [2.75, 3.05) is 5.32 Å². The highest BCUT2D eigenvalue weighted by atomic mass is 16.5. The fourth-order valence-corrected chi connectivity index (χ4v) is 2.86. The molecule has 1 amide bonds. The highest BCUT2D eigenvalue weighted by Gasteiger charge is 2.24. The average Bonchev–Trinajstić information content (AvgIpc) is 2.85. The summed E-state index contributed by atoms with van der Waals surface area (Å²) >= 11 is 0. The zero-order valence-corrected chi connectivity index (χ0v) is 15.9. The van der Waals surface area contributed by atoms with E-state index in [4.69, 9.17) is 4.74 Å². The molecule has 6 heteroatoms. The normalized spacial score (nSPS) is 11.8. The van der Waals surface area contributed by atoms with Crippen molar-refractivity contribution in [1.29, 1.82) is 0 Å². The summed E-state index contributed by atoms with van der Waals surface area (Å²) in [5.74, 6) is -1.21. The van der Waals surface area contributed by atoms with Crippen LogP contribution in [0.5, 0.6) is 0 Å². The van der Waals surface area contributed by atoms with Gasteiger partial charge in [0, 0.05) is 16.9 Å². The number of esters is 1. The first-order valence-electron chi connectivity index (χ1n) is 8.41. The van der Waals surface area contributed by atoms with Gasteiger partial charge in [0.25, 0.3) is 5.91 Å². The van der Waals surface area contributed by atoms with Crippen LogP contribution in [0, 0.1) is 27.7 Å². The van der Waals surface area contributed by atoms with E-state index in [1.54, 1.807) is 13.8 Å². The van der Waals surface area contributed by atoms with Crippen LogP contribution in [-0.4, -0.2) is 28.7 Å². The SMILES string of the molecule is CC(=O)c1c(C)[nH]c(C(=O)O[C@@H](C)C(=O)Nc2cc(C)ccc2C)c1C. The first-order chi connectivity index (χ1) is 12.1. The molecule has 1 heterocycles. The second-order valence-corrected chi connectivity index (χ2v) is 6.54. The lowest BCUT2D eigenvalue weighted by atomic mass is 10.1. The summed E-state index contributed by atoms with van der Waals surface area (Å²) in [6, 6.07) is 5.73. The maximum atomic E-state index is 12.4. The topological polar surface area (TPSA) is 88.3 Å². The van der Waals surface area contributed by atoms with Crippen LogP contribution < -0.4 is 5.32 Å². The number of hydrogen-bond donors (Lipinski definition) is 2. The molecular formula is C20H24N2O4. The van der Waals surface area contributed by atoms with E-state index in [0.29, 0.717) is 22.5 Å². The standard InChI is InChI=1S/C20H24N2O4/c1-10-7-8-11(2)16(9-10)22-19(24)15(6)26-20(25)18-12(3)17(14(5)23)13(4)21-18/h7-9,15,21H,1-6H3,(H,22,24)/t15-/m0/s1. The van der Waals surface area contributed by atoms with E-state index in [0.717, 1.165) is 11.1 Å². The predicted octanol–water partition coefficient (Wildman–Crippen LogP) is 3.63. The first-order valence-corrected chi connectivity index (χ1v) is 8.41. The van der Waals surface area contributed by atoms with Crippen molar-refractivity contribution in [2.45, 2.75) is 47.6 Å². The molecule has 0 bridgehead atoms. The maximum absolute atomic E-state index is 12.4. The molecule has 138 valence electrons. The van der Waals surface area contributed by atoms with Crippen LogP contribution in [0.2, 0.25) is 0 Å². The average molecular weight is 356 g/mol. The van der Waals surface area contributed by atoms with Gasteiger partial charge < -0.3 is 15.0 Å². The van der Waals surface area contributed by atoms with E-state index >= 15 is 0 Å². The highest BCUT2D eigenvalue weighted by Crippen LogP contribution is 2.20. The molecule has 26 heavy (non-hydrogen) atoms. The fourth-order valence-electron chi connectivity index (χ4n) is 2.86. The number of Topliss-reactive ketones (excluding diaryl/α,β-unsaturated/α-hetero) is 1. The van der Waals surface area contributed by atoms with Crippen LogP contribution >= 0.6 is 0 Å². The number of benzene rings is 1. The van der Waals surface area contributed by atoms with Gasteiger partial charge in [-0.15, -0.1) is 0 Å². The monoisotopic (exact) mass is 356 g/mol.